The van der Waals surface area contributed by atoms with E-state index in [1.54, 1.807) is 6.08 Å². The summed E-state index contributed by atoms with van der Waals surface area (Å²) in [6, 6.07) is 5.78. The third kappa shape index (κ3) is 5.97. The SMILES string of the molecule is CCOc1ccc(C(NC(=O)C=C(C)C)C(C)C)cc1OCC. The van der Waals surface area contributed by atoms with Gasteiger partial charge in [-0.15, -0.1) is 0 Å². The van der Waals surface area contributed by atoms with E-state index in [2.05, 4.69) is 19.2 Å². The fraction of sp³-hybridized carbons (Fsp3) is 0.526. The van der Waals surface area contributed by atoms with Crippen LogP contribution in [-0.4, -0.2) is 19.1 Å². The third-order valence-corrected chi connectivity index (χ3v) is 3.31. The lowest BCUT2D eigenvalue weighted by atomic mass is 9.95. The molecule has 1 rings (SSSR count). The standard InChI is InChI=1S/C19H29NO3/c1-7-22-16-10-9-15(12-17(16)23-8-2)19(14(5)6)20-18(21)11-13(3)4/h9-12,14,19H,7-8H2,1-6H3,(H,20,21). The number of carbonyl (C=O) groups excluding carboxylic acids is 1. The molecule has 0 aliphatic heterocycles. The van der Waals surface area contributed by atoms with Crippen molar-refractivity contribution in [2.24, 2.45) is 5.92 Å². The second kappa shape index (κ2) is 9.23. The summed E-state index contributed by atoms with van der Waals surface area (Å²) >= 11 is 0. The molecule has 0 aliphatic rings. The Morgan fingerprint density at radius 2 is 1.74 bits per heavy atom. The summed E-state index contributed by atoms with van der Waals surface area (Å²) < 4.78 is 11.3. The molecule has 4 nitrogen and oxygen atoms in total. The van der Waals surface area contributed by atoms with Crippen LogP contribution in [0, 0.1) is 5.92 Å². The molecule has 128 valence electrons. The van der Waals surface area contributed by atoms with Crippen molar-refractivity contribution in [1.82, 2.24) is 5.32 Å². The quantitative estimate of drug-likeness (QED) is 0.728. The number of allylic oxidation sites excluding steroid dienone is 1. The summed E-state index contributed by atoms with van der Waals surface area (Å²) in [5, 5.41) is 3.07. The van der Waals surface area contributed by atoms with Crippen LogP contribution < -0.4 is 14.8 Å². The molecule has 1 aromatic carbocycles. The number of amides is 1. The van der Waals surface area contributed by atoms with E-state index in [4.69, 9.17) is 9.47 Å². The van der Waals surface area contributed by atoms with Crippen LogP contribution in [0.2, 0.25) is 0 Å². The van der Waals surface area contributed by atoms with Gasteiger partial charge < -0.3 is 14.8 Å². The lowest BCUT2D eigenvalue weighted by Crippen LogP contribution is -2.30. The molecule has 0 aliphatic carbocycles. The van der Waals surface area contributed by atoms with Crippen molar-refractivity contribution in [1.29, 1.82) is 0 Å². The molecule has 1 N–H and O–H groups in total. The van der Waals surface area contributed by atoms with E-state index in [0.29, 0.717) is 19.0 Å². The topological polar surface area (TPSA) is 47.6 Å². The van der Waals surface area contributed by atoms with E-state index < -0.39 is 0 Å². The van der Waals surface area contributed by atoms with Gasteiger partial charge in [0.1, 0.15) is 0 Å². The van der Waals surface area contributed by atoms with Crippen molar-refractivity contribution >= 4 is 5.91 Å². The molecule has 0 radical (unpaired) electrons. The molecular weight excluding hydrogens is 290 g/mol. The molecule has 1 aromatic rings. The van der Waals surface area contributed by atoms with Crippen LogP contribution in [0.15, 0.2) is 29.8 Å². The van der Waals surface area contributed by atoms with Gasteiger partial charge in [-0.1, -0.05) is 25.5 Å². The Labute approximate surface area is 139 Å². The molecule has 0 bridgehead atoms. The molecule has 23 heavy (non-hydrogen) atoms. The zero-order valence-corrected chi connectivity index (χ0v) is 15.1. The lowest BCUT2D eigenvalue weighted by Gasteiger charge is -2.23. The number of hydrogen-bond donors (Lipinski definition) is 1. The Balaban J connectivity index is 3.09. The van der Waals surface area contributed by atoms with Crippen molar-refractivity contribution in [3.63, 3.8) is 0 Å². The lowest BCUT2D eigenvalue weighted by molar-refractivity contribution is -0.117. The summed E-state index contributed by atoms with van der Waals surface area (Å²) in [5.41, 5.74) is 1.99. The highest BCUT2D eigenvalue weighted by molar-refractivity contribution is 5.88. The molecule has 0 saturated heterocycles. The zero-order valence-electron chi connectivity index (χ0n) is 15.1. The van der Waals surface area contributed by atoms with Crippen LogP contribution >= 0.6 is 0 Å². The summed E-state index contributed by atoms with van der Waals surface area (Å²) in [6.07, 6.45) is 1.62. The Bertz CT molecular complexity index is 546. The number of hydrogen-bond acceptors (Lipinski definition) is 3. The first kappa shape index (κ1) is 19.1. The van der Waals surface area contributed by atoms with Gasteiger partial charge in [0.15, 0.2) is 11.5 Å². The van der Waals surface area contributed by atoms with E-state index in [1.807, 2.05) is 45.9 Å². The molecule has 0 spiro atoms. The Morgan fingerprint density at radius 1 is 1.13 bits per heavy atom. The van der Waals surface area contributed by atoms with Gasteiger partial charge in [0.05, 0.1) is 19.3 Å². The van der Waals surface area contributed by atoms with Crippen LogP contribution in [0.3, 0.4) is 0 Å². The first-order valence-electron chi connectivity index (χ1n) is 8.23. The van der Waals surface area contributed by atoms with Gasteiger partial charge in [-0.05, 0) is 51.3 Å². The van der Waals surface area contributed by atoms with Gasteiger partial charge in [-0.25, -0.2) is 0 Å². The first-order chi connectivity index (χ1) is 10.9. The summed E-state index contributed by atoms with van der Waals surface area (Å²) in [5.74, 6) is 1.64. The van der Waals surface area contributed by atoms with Crippen LogP contribution in [0.1, 0.15) is 53.1 Å². The van der Waals surface area contributed by atoms with Gasteiger partial charge in [-0.3, -0.25) is 4.79 Å². The third-order valence-electron chi connectivity index (χ3n) is 3.31. The minimum atomic E-state index is -0.0759. The van der Waals surface area contributed by atoms with E-state index >= 15 is 0 Å². The van der Waals surface area contributed by atoms with Gasteiger partial charge in [0.25, 0.3) is 0 Å². The van der Waals surface area contributed by atoms with Gasteiger partial charge >= 0.3 is 0 Å². The molecule has 0 saturated carbocycles. The van der Waals surface area contributed by atoms with Crippen LogP contribution in [0.5, 0.6) is 11.5 Å². The number of benzene rings is 1. The fourth-order valence-corrected chi connectivity index (χ4v) is 2.35. The Hall–Kier alpha value is -1.97. The summed E-state index contributed by atoms with van der Waals surface area (Å²) in [6.45, 7) is 13.0. The van der Waals surface area contributed by atoms with Crippen LogP contribution in [0.4, 0.5) is 0 Å². The van der Waals surface area contributed by atoms with E-state index in [9.17, 15) is 4.79 Å². The monoisotopic (exact) mass is 319 g/mol. The molecule has 4 heteroatoms. The van der Waals surface area contributed by atoms with Crippen molar-refractivity contribution in [2.75, 3.05) is 13.2 Å². The maximum Gasteiger partial charge on any atom is 0.244 e. The van der Waals surface area contributed by atoms with Gasteiger partial charge in [0.2, 0.25) is 5.91 Å². The minimum Gasteiger partial charge on any atom is -0.490 e. The van der Waals surface area contributed by atoms with Crippen molar-refractivity contribution < 1.29 is 14.3 Å². The largest absolute Gasteiger partial charge is 0.490 e. The van der Waals surface area contributed by atoms with E-state index in [1.165, 1.54) is 0 Å². The molecule has 0 aromatic heterocycles. The molecule has 1 atom stereocenters. The number of nitrogens with one attached hydrogen (secondary N) is 1. The summed E-state index contributed by atoms with van der Waals surface area (Å²) in [4.78, 5) is 12.1. The van der Waals surface area contributed by atoms with Crippen molar-refractivity contribution in [3.05, 3.63) is 35.4 Å². The van der Waals surface area contributed by atoms with Crippen LogP contribution in [-0.2, 0) is 4.79 Å². The number of ether oxygens (including phenoxy) is 2. The Morgan fingerprint density at radius 3 is 2.26 bits per heavy atom. The predicted molar refractivity (Wildman–Crippen MR) is 93.9 cm³/mol. The average molecular weight is 319 g/mol. The highest BCUT2D eigenvalue weighted by atomic mass is 16.5. The van der Waals surface area contributed by atoms with Crippen molar-refractivity contribution in [3.8, 4) is 11.5 Å². The smallest absolute Gasteiger partial charge is 0.244 e. The summed E-state index contributed by atoms with van der Waals surface area (Å²) in [7, 11) is 0. The number of carbonyl (C=O) groups is 1. The minimum absolute atomic E-state index is 0.0736. The normalized spacial score (nSPS) is 11.8. The van der Waals surface area contributed by atoms with E-state index in [-0.39, 0.29) is 17.9 Å². The molecule has 0 heterocycles. The fourth-order valence-electron chi connectivity index (χ4n) is 2.35. The second-order valence-corrected chi connectivity index (χ2v) is 6.02. The van der Waals surface area contributed by atoms with Crippen LogP contribution in [0.25, 0.3) is 0 Å². The number of rotatable bonds is 8. The van der Waals surface area contributed by atoms with Gasteiger partial charge in [-0.2, -0.15) is 0 Å². The zero-order chi connectivity index (χ0) is 17.4. The molecule has 1 amide bonds. The van der Waals surface area contributed by atoms with Gasteiger partial charge in [0, 0.05) is 6.08 Å². The Kier molecular flexibility index (Phi) is 7.66. The maximum absolute atomic E-state index is 12.1. The highest BCUT2D eigenvalue weighted by Crippen LogP contribution is 2.32. The van der Waals surface area contributed by atoms with Crippen molar-refractivity contribution in [2.45, 2.75) is 47.6 Å². The second-order valence-electron chi connectivity index (χ2n) is 6.02. The molecular formula is C19H29NO3. The first-order valence-corrected chi connectivity index (χ1v) is 8.23. The average Bonchev–Trinajstić information content (AvgIpc) is 2.46. The maximum atomic E-state index is 12.1. The van der Waals surface area contributed by atoms with E-state index in [0.717, 1.165) is 16.9 Å². The molecule has 0 fully saturated rings. The highest BCUT2D eigenvalue weighted by Gasteiger charge is 2.19. The predicted octanol–water partition coefficient (Wildman–Crippen LogP) is 4.26. The molecule has 1 unspecified atom stereocenters.